The van der Waals surface area contributed by atoms with Gasteiger partial charge >= 0.3 is 0 Å². The number of sulfonamides is 1. The number of amides is 1. The number of anilines is 1. The fraction of sp³-hybridized carbons (Fsp3) is 0.385. The normalized spacial score (nSPS) is 18.0. The second kappa shape index (κ2) is 11.2. The van der Waals surface area contributed by atoms with Crippen molar-refractivity contribution in [2.75, 3.05) is 30.9 Å². The van der Waals surface area contributed by atoms with Gasteiger partial charge in [-0.05, 0) is 56.0 Å². The van der Waals surface area contributed by atoms with Gasteiger partial charge in [0.25, 0.3) is 21.1 Å². The number of ether oxygens (including phenoxy) is 1. The van der Waals surface area contributed by atoms with Crippen molar-refractivity contribution in [2.24, 2.45) is 0 Å². The van der Waals surface area contributed by atoms with Crippen LogP contribution in [-0.4, -0.2) is 67.4 Å². The first-order chi connectivity index (χ1) is 17.9. The highest BCUT2D eigenvalue weighted by molar-refractivity contribution is 7.92. The zero-order chi connectivity index (χ0) is 25.8. The fourth-order valence-corrected chi connectivity index (χ4v) is 6.66. The number of nitrogens with one attached hydrogen (secondary N) is 1. The van der Waals surface area contributed by atoms with Gasteiger partial charge in [0, 0.05) is 55.0 Å². The minimum atomic E-state index is -4.12. The lowest BCUT2D eigenvalue weighted by Crippen LogP contribution is -2.50. The van der Waals surface area contributed by atoms with E-state index in [9.17, 15) is 17.6 Å². The molecule has 0 atom stereocenters. The van der Waals surface area contributed by atoms with Gasteiger partial charge in [-0.15, -0.1) is 0 Å². The summed E-state index contributed by atoms with van der Waals surface area (Å²) in [7, 11) is -4.12. The van der Waals surface area contributed by atoms with E-state index in [0.29, 0.717) is 24.7 Å². The van der Waals surface area contributed by atoms with Crippen LogP contribution in [0.2, 0.25) is 0 Å². The highest BCUT2D eigenvalue weighted by atomic mass is 32.2. The van der Waals surface area contributed by atoms with Crippen LogP contribution in [0.5, 0.6) is 5.19 Å². The summed E-state index contributed by atoms with van der Waals surface area (Å²) in [6, 6.07) is 12.0. The standard InChI is InChI=1S/C26H29FN4O4S2/c27-23-6-1-2-7-24(23)37(33,34)29-20-5-3-4-19(18-20)25(32)31-13-8-21(9-14-31)30-15-10-22(11-16-30)35-26-28-12-17-36-26/h1-7,12,17-18,21-22,29H,8-11,13-16H2. The zero-order valence-electron chi connectivity index (χ0n) is 20.3. The minimum Gasteiger partial charge on any atom is -0.467 e. The van der Waals surface area contributed by atoms with Crippen molar-refractivity contribution >= 4 is 33.0 Å². The van der Waals surface area contributed by atoms with Crippen LogP contribution in [0.3, 0.4) is 0 Å². The van der Waals surface area contributed by atoms with Crippen LogP contribution in [0.25, 0.3) is 0 Å². The number of thiazole rings is 1. The Balaban J connectivity index is 1.14. The number of likely N-dealkylation sites (tertiary alicyclic amines) is 2. The molecule has 3 heterocycles. The number of rotatable bonds is 7. The molecule has 0 spiro atoms. The third-order valence-corrected chi connectivity index (χ3v) is 8.99. The Labute approximate surface area is 220 Å². The van der Waals surface area contributed by atoms with Crippen molar-refractivity contribution < 1.29 is 22.3 Å². The topological polar surface area (TPSA) is 91.8 Å². The van der Waals surface area contributed by atoms with Crippen LogP contribution in [0.15, 0.2) is 65.0 Å². The van der Waals surface area contributed by atoms with Crippen molar-refractivity contribution in [1.82, 2.24) is 14.8 Å². The molecule has 0 unspecified atom stereocenters. The number of benzene rings is 2. The summed E-state index contributed by atoms with van der Waals surface area (Å²) in [6.45, 7) is 3.23. The van der Waals surface area contributed by atoms with E-state index in [1.54, 1.807) is 24.4 Å². The van der Waals surface area contributed by atoms with E-state index >= 15 is 0 Å². The lowest BCUT2D eigenvalue weighted by molar-refractivity contribution is 0.0425. The molecule has 1 N–H and O–H groups in total. The van der Waals surface area contributed by atoms with Crippen molar-refractivity contribution in [3.8, 4) is 5.19 Å². The average molecular weight is 545 g/mol. The summed E-state index contributed by atoms with van der Waals surface area (Å²) in [5, 5.41) is 2.65. The molecule has 2 aromatic carbocycles. The van der Waals surface area contributed by atoms with Crippen molar-refractivity contribution in [3.05, 3.63) is 71.5 Å². The van der Waals surface area contributed by atoms with E-state index in [1.165, 1.54) is 35.6 Å². The lowest BCUT2D eigenvalue weighted by atomic mass is 9.98. The number of nitrogens with zero attached hydrogens (tertiary/aromatic N) is 3. The van der Waals surface area contributed by atoms with E-state index in [2.05, 4.69) is 14.6 Å². The van der Waals surface area contributed by atoms with Gasteiger partial charge in [-0.25, -0.2) is 17.8 Å². The second-order valence-electron chi connectivity index (χ2n) is 9.29. The number of carbonyl (C=O) groups is 1. The molecule has 196 valence electrons. The maximum Gasteiger partial charge on any atom is 0.273 e. The summed E-state index contributed by atoms with van der Waals surface area (Å²) in [5.74, 6) is -0.970. The Morgan fingerprint density at radius 3 is 2.49 bits per heavy atom. The Kier molecular flexibility index (Phi) is 7.73. The van der Waals surface area contributed by atoms with E-state index in [-0.39, 0.29) is 17.7 Å². The molecule has 5 rings (SSSR count). The molecule has 2 fully saturated rings. The Hall–Kier alpha value is -3.02. The largest absolute Gasteiger partial charge is 0.467 e. The van der Waals surface area contributed by atoms with Gasteiger partial charge in [0.05, 0.1) is 0 Å². The quantitative estimate of drug-likeness (QED) is 0.479. The minimum absolute atomic E-state index is 0.138. The van der Waals surface area contributed by atoms with E-state index in [0.717, 1.165) is 50.0 Å². The predicted octanol–water partition coefficient (Wildman–Crippen LogP) is 4.23. The van der Waals surface area contributed by atoms with Crippen LogP contribution in [0.1, 0.15) is 36.0 Å². The maximum atomic E-state index is 14.0. The molecule has 0 radical (unpaired) electrons. The molecule has 0 saturated carbocycles. The molecule has 1 amide bonds. The number of piperidine rings is 2. The molecule has 0 aliphatic carbocycles. The average Bonchev–Trinajstić information content (AvgIpc) is 3.42. The van der Waals surface area contributed by atoms with Gasteiger partial charge < -0.3 is 9.64 Å². The molecular formula is C26H29FN4O4S2. The molecule has 1 aromatic heterocycles. The molecule has 2 aliphatic rings. The molecule has 11 heteroatoms. The van der Waals surface area contributed by atoms with Crippen LogP contribution < -0.4 is 9.46 Å². The van der Waals surface area contributed by atoms with Gasteiger partial charge in [0.1, 0.15) is 16.8 Å². The first-order valence-corrected chi connectivity index (χ1v) is 14.7. The lowest BCUT2D eigenvalue weighted by Gasteiger charge is -2.41. The van der Waals surface area contributed by atoms with E-state index in [4.69, 9.17) is 4.74 Å². The fourth-order valence-electron chi connectivity index (χ4n) is 4.98. The summed E-state index contributed by atoms with van der Waals surface area (Å²) >= 11 is 1.52. The van der Waals surface area contributed by atoms with Gasteiger partial charge in [-0.3, -0.25) is 14.4 Å². The monoisotopic (exact) mass is 544 g/mol. The first kappa shape index (κ1) is 25.6. The molecule has 2 saturated heterocycles. The molecule has 8 nitrogen and oxygen atoms in total. The molecule has 0 bridgehead atoms. The summed E-state index contributed by atoms with van der Waals surface area (Å²) in [6.07, 6.45) is 5.67. The van der Waals surface area contributed by atoms with Gasteiger partial charge in [-0.2, -0.15) is 0 Å². The smallest absolute Gasteiger partial charge is 0.273 e. The van der Waals surface area contributed by atoms with E-state index in [1.807, 2.05) is 10.3 Å². The third kappa shape index (κ3) is 6.11. The van der Waals surface area contributed by atoms with Gasteiger partial charge in [-0.1, -0.05) is 29.5 Å². The number of hydrogen-bond donors (Lipinski definition) is 1. The van der Waals surface area contributed by atoms with Gasteiger partial charge in [0.15, 0.2) is 0 Å². The number of hydrogen-bond acceptors (Lipinski definition) is 7. The molecule has 37 heavy (non-hydrogen) atoms. The van der Waals surface area contributed by atoms with Crippen molar-refractivity contribution in [1.29, 1.82) is 0 Å². The summed E-state index contributed by atoms with van der Waals surface area (Å²) in [4.78, 5) is 21.3. The predicted molar refractivity (Wildman–Crippen MR) is 140 cm³/mol. The zero-order valence-corrected chi connectivity index (χ0v) is 21.9. The molecule has 2 aliphatic heterocycles. The van der Waals surface area contributed by atoms with Crippen molar-refractivity contribution in [3.63, 3.8) is 0 Å². The Morgan fingerprint density at radius 1 is 1.03 bits per heavy atom. The van der Waals surface area contributed by atoms with Crippen molar-refractivity contribution in [2.45, 2.75) is 42.7 Å². The SMILES string of the molecule is O=C(c1cccc(NS(=O)(=O)c2ccccc2F)c1)N1CCC(N2CCC(Oc3nccs3)CC2)CC1. The Morgan fingerprint density at radius 2 is 1.78 bits per heavy atom. The second-order valence-corrected chi connectivity index (χ2v) is 11.8. The summed E-state index contributed by atoms with van der Waals surface area (Å²) in [5.41, 5.74) is 0.610. The first-order valence-electron chi connectivity index (χ1n) is 12.4. The van der Waals surface area contributed by atoms with Crippen LogP contribution in [0.4, 0.5) is 10.1 Å². The highest BCUT2D eigenvalue weighted by Gasteiger charge is 2.31. The van der Waals surface area contributed by atoms with Gasteiger partial charge in [0.2, 0.25) is 0 Å². The van der Waals surface area contributed by atoms with Crippen LogP contribution in [-0.2, 0) is 10.0 Å². The molecule has 3 aromatic rings. The van der Waals surface area contributed by atoms with E-state index < -0.39 is 20.7 Å². The number of halogens is 1. The number of aromatic nitrogens is 1. The maximum absolute atomic E-state index is 14.0. The third-order valence-electron chi connectivity index (χ3n) is 6.91. The molecular weight excluding hydrogens is 515 g/mol. The number of carbonyl (C=O) groups excluding carboxylic acids is 1. The van der Waals surface area contributed by atoms with Crippen LogP contribution in [0, 0.1) is 5.82 Å². The van der Waals surface area contributed by atoms with Crippen LogP contribution >= 0.6 is 11.3 Å². The summed E-state index contributed by atoms with van der Waals surface area (Å²) < 4.78 is 47.6. The Bertz CT molecular complexity index is 1320. The highest BCUT2D eigenvalue weighted by Crippen LogP contribution is 2.26.